The van der Waals surface area contributed by atoms with Crippen molar-refractivity contribution in [3.05, 3.63) is 35.7 Å². The second kappa shape index (κ2) is 8.33. The third kappa shape index (κ3) is 4.25. The van der Waals surface area contributed by atoms with E-state index in [4.69, 9.17) is 5.73 Å². The van der Waals surface area contributed by atoms with Crippen molar-refractivity contribution in [2.45, 2.75) is 6.92 Å². The minimum Gasteiger partial charge on any atom is -0.398 e. The number of hydrogen-bond donors (Lipinski definition) is 1. The predicted octanol–water partition coefficient (Wildman–Crippen LogP) is 2.23. The van der Waals surface area contributed by atoms with E-state index in [0.29, 0.717) is 24.3 Å². The number of hydrogen-bond acceptors (Lipinski definition) is 6. The van der Waals surface area contributed by atoms with Gasteiger partial charge in [-0.15, -0.1) is 24.8 Å². The first-order valence-electron chi connectivity index (χ1n) is 6.84. The van der Waals surface area contributed by atoms with Crippen LogP contribution in [0.15, 0.2) is 24.3 Å². The van der Waals surface area contributed by atoms with Crippen LogP contribution in [-0.2, 0) is 0 Å². The maximum Gasteiger partial charge on any atom is 0.256 e. The average molecular weight is 376 g/mol. The van der Waals surface area contributed by atoms with Crippen LogP contribution >= 0.6 is 36.3 Å². The van der Waals surface area contributed by atoms with Crippen molar-refractivity contribution in [3.8, 4) is 0 Å². The Labute approximate surface area is 151 Å². The Morgan fingerprint density at radius 2 is 1.83 bits per heavy atom. The van der Waals surface area contributed by atoms with Gasteiger partial charge in [0.15, 0.2) is 0 Å². The fourth-order valence-electron chi connectivity index (χ4n) is 2.38. The van der Waals surface area contributed by atoms with Gasteiger partial charge in [-0.25, -0.2) is 4.98 Å². The van der Waals surface area contributed by atoms with E-state index in [1.54, 1.807) is 12.1 Å². The molecule has 6 nitrogen and oxygen atoms in total. The molecule has 2 heterocycles. The summed E-state index contributed by atoms with van der Waals surface area (Å²) in [7, 11) is 0. The number of carbonyl (C=O) groups is 1. The molecule has 2 aromatic rings. The number of piperazine rings is 1. The summed E-state index contributed by atoms with van der Waals surface area (Å²) in [4.78, 5) is 20.9. The van der Waals surface area contributed by atoms with E-state index < -0.39 is 0 Å². The number of nitrogen functional groups attached to an aromatic ring is 1. The molecule has 9 heteroatoms. The lowest BCUT2D eigenvalue weighted by molar-refractivity contribution is 0.0748. The lowest BCUT2D eigenvalue weighted by Gasteiger charge is -2.34. The van der Waals surface area contributed by atoms with Crippen LogP contribution in [0.2, 0.25) is 0 Å². The van der Waals surface area contributed by atoms with E-state index in [1.807, 2.05) is 24.0 Å². The van der Waals surface area contributed by atoms with Crippen molar-refractivity contribution >= 4 is 53.1 Å². The maximum absolute atomic E-state index is 12.5. The lowest BCUT2D eigenvalue weighted by atomic mass is 10.1. The summed E-state index contributed by atoms with van der Waals surface area (Å²) >= 11 is 1.41. The highest BCUT2D eigenvalue weighted by molar-refractivity contribution is 7.09. The Kier molecular flexibility index (Phi) is 7.05. The molecule has 0 spiro atoms. The number of rotatable bonds is 2. The van der Waals surface area contributed by atoms with Crippen molar-refractivity contribution in [1.82, 2.24) is 14.3 Å². The maximum atomic E-state index is 12.5. The number of benzene rings is 1. The molecular formula is C14H19Cl2N5OS. The molecule has 1 aromatic carbocycles. The number of carbonyl (C=O) groups excluding carboxylic acids is 1. The van der Waals surface area contributed by atoms with Crippen LogP contribution < -0.4 is 10.6 Å². The Morgan fingerprint density at radius 3 is 2.39 bits per heavy atom. The molecule has 1 amide bonds. The van der Waals surface area contributed by atoms with Crippen LogP contribution in [0.5, 0.6) is 0 Å². The van der Waals surface area contributed by atoms with Crippen molar-refractivity contribution in [3.63, 3.8) is 0 Å². The number of aromatic nitrogens is 2. The topological polar surface area (TPSA) is 75.4 Å². The number of nitrogens with zero attached hydrogens (tertiary/aromatic N) is 4. The summed E-state index contributed by atoms with van der Waals surface area (Å²) in [6.45, 7) is 4.77. The summed E-state index contributed by atoms with van der Waals surface area (Å²) in [5, 5.41) is 0.929. The minimum absolute atomic E-state index is 0. The van der Waals surface area contributed by atoms with Crippen molar-refractivity contribution < 1.29 is 4.79 Å². The number of aryl methyl sites for hydroxylation is 1. The fraction of sp³-hybridized carbons (Fsp3) is 0.357. The van der Waals surface area contributed by atoms with Crippen LogP contribution in [0.25, 0.3) is 0 Å². The molecule has 0 unspecified atom stereocenters. The molecule has 1 fully saturated rings. The van der Waals surface area contributed by atoms with Crippen LogP contribution in [-0.4, -0.2) is 46.3 Å². The third-order valence-corrected chi connectivity index (χ3v) is 4.41. The van der Waals surface area contributed by atoms with Gasteiger partial charge in [-0.05, 0) is 19.1 Å². The van der Waals surface area contributed by atoms with Gasteiger partial charge in [-0.1, -0.05) is 12.1 Å². The third-order valence-electron chi connectivity index (χ3n) is 3.55. The molecule has 1 saturated heterocycles. The highest BCUT2D eigenvalue weighted by Crippen LogP contribution is 2.20. The van der Waals surface area contributed by atoms with Gasteiger partial charge in [0.05, 0.1) is 5.56 Å². The summed E-state index contributed by atoms with van der Waals surface area (Å²) in [5.74, 6) is 0.798. The van der Waals surface area contributed by atoms with Gasteiger partial charge in [0.1, 0.15) is 5.82 Å². The summed E-state index contributed by atoms with van der Waals surface area (Å²) in [5.41, 5.74) is 6.99. The number of halogens is 2. The quantitative estimate of drug-likeness (QED) is 0.814. The smallest absolute Gasteiger partial charge is 0.256 e. The van der Waals surface area contributed by atoms with Gasteiger partial charge in [-0.2, -0.15) is 4.37 Å². The predicted molar refractivity (Wildman–Crippen MR) is 98.1 cm³/mol. The molecule has 1 aromatic heterocycles. The number of amides is 1. The minimum atomic E-state index is 0. The molecule has 126 valence electrons. The van der Waals surface area contributed by atoms with Gasteiger partial charge in [-0.3, -0.25) is 4.79 Å². The molecule has 2 N–H and O–H groups in total. The number of para-hydroxylation sites is 1. The van der Waals surface area contributed by atoms with E-state index >= 15 is 0 Å². The van der Waals surface area contributed by atoms with Crippen LogP contribution in [0, 0.1) is 6.92 Å². The normalized spacial score (nSPS) is 14.0. The highest BCUT2D eigenvalue weighted by Gasteiger charge is 2.24. The molecule has 0 saturated carbocycles. The molecule has 0 aliphatic carbocycles. The van der Waals surface area contributed by atoms with Crippen LogP contribution in [0.3, 0.4) is 0 Å². The Bertz CT molecular complexity index is 658. The standard InChI is InChI=1S/C14H17N5OS.2ClH/c1-10-16-14(21-17-10)19-8-6-18(7-9-19)13(20)11-4-2-3-5-12(11)15;;/h2-5H,6-9,15H2,1H3;2*1H. The first-order chi connectivity index (χ1) is 10.1. The zero-order valence-corrected chi connectivity index (χ0v) is 15.1. The molecule has 1 aliphatic rings. The second-order valence-corrected chi connectivity index (χ2v) is 5.72. The van der Waals surface area contributed by atoms with Crippen LogP contribution in [0.4, 0.5) is 10.8 Å². The Morgan fingerprint density at radius 1 is 1.17 bits per heavy atom. The van der Waals surface area contributed by atoms with Crippen LogP contribution in [0.1, 0.15) is 16.2 Å². The summed E-state index contributed by atoms with van der Waals surface area (Å²) in [6.07, 6.45) is 0. The van der Waals surface area contributed by atoms with Crippen molar-refractivity contribution in [1.29, 1.82) is 0 Å². The number of anilines is 2. The summed E-state index contributed by atoms with van der Waals surface area (Å²) < 4.78 is 4.20. The zero-order valence-electron chi connectivity index (χ0n) is 12.6. The van der Waals surface area contributed by atoms with Crippen molar-refractivity contribution in [2.24, 2.45) is 0 Å². The van der Waals surface area contributed by atoms with Gasteiger partial charge in [0.25, 0.3) is 5.91 Å². The molecule has 0 bridgehead atoms. The molecule has 23 heavy (non-hydrogen) atoms. The fourth-order valence-corrected chi connectivity index (χ4v) is 3.10. The molecule has 0 radical (unpaired) electrons. The van der Waals surface area contributed by atoms with Gasteiger partial charge in [0.2, 0.25) is 5.13 Å². The molecule has 3 rings (SSSR count). The molecular weight excluding hydrogens is 357 g/mol. The van der Waals surface area contributed by atoms with Crippen molar-refractivity contribution in [2.75, 3.05) is 36.8 Å². The second-order valence-electron chi connectivity index (χ2n) is 4.99. The first kappa shape index (κ1) is 19.5. The largest absolute Gasteiger partial charge is 0.398 e. The monoisotopic (exact) mass is 375 g/mol. The van der Waals surface area contributed by atoms with E-state index in [1.165, 1.54) is 11.5 Å². The Balaban J connectivity index is 0.00000132. The SMILES string of the molecule is Cc1nsc(N2CCN(C(=O)c3ccccc3N)CC2)n1.Cl.Cl. The first-order valence-corrected chi connectivity index (χ1v) is 7.61. The average Bonchev–Trinajstić information content (AvgIpc) is 2.94. The van der Waals surface area contributed by atoms with Gasteiger partial charge >= 0.3 is 0 Å². The summed E-state index contributed by atoms with van der Waals surface area (Å²) in [6, 6.07) is 7.21. The van der Waals surface area contributed by atoms with E-state index in [0.717, 1.165) is 24.0 Å². The lowest BCUT2D eigenvalue weighted by Crippen LogP contribution is -2.48. The van der Waals surface area contributed by atoms with E-state index in [-0.39, 0.29) is 30.7 Å². The van der Waals surface area contributed by atoms with Gasteiger partial charge in [0, 0.05) is 43.4 Å². The zero-order chi connectivity index (χ0) is 14.8. The molecule has 1 aliphatic heterocycles. The number of nitrogens with two attached hydrogens (primary N) is 1. The van der Waals surface area contributed by atoms with E-state index in [2.05, 4.69) is 14.3 Å². The van der Waals surface area contributed by atoms with Gasteiger partial charge < -0.3 is 15.5 Å². The highest BCUT2D eigenvalue weighted by atomic mass is 35.5. The van der Waals surface area contributed by atoms with E-state index in [9.17, 15) is 4.79 Å². The molecule has 0 atom stereocenters. The Hall–Kier alpha value is -1.57.